The first-order chi connectivity index (χ1) is 12.3. The third-order valence-electron chi connectivity index (χ3n) is 4.02. The Bertz CT molecular complexity index is 778. The quantitative estimate of drug-likeness (QED) is 0.840. The fourth-order valence-electron chi connectivity index (χ4n) is 2.93. The van der Waals surface area contributed by atoms with Crippen molar-refractivity contribution in [2.75, 3.05) is 19.0 Å². The standard InChI is InChI=1S/C18H23N3O5/c1-18(2,3)26-17(23)21-10-11(9-13(21)15(22)24-4)19-16-20-12-7-5-6-8-14(12)25-16/h5-8,11,13H,9-10H2,1-4H3,(H,19,20)/t11-,13-/m0/s1. The monoisotopic (exact) mass is 361 g/mol. The molecule has 2 aromatic rings. The van der Waals surface area contributed by atoms with Crippen molar-refractivity contribution in [1.82, 2.24) is 9.88 Å². The van der Waals surface area contributed by atoms with E-state index in [2.05, 4.69) is 10.3 Å². The van der Waals surface area contributed by atoms with Crippen LogP contribution in [0.5, 0.6) is 0 Å². The fraction of sp³-hybridized carbons (Fsp3) is 0.500. The molecule has 1 N–H and O–H groups in total. The number of hydrogen-bond donors (Lipinski definition) is 1. The summed E-state index contributed by atoms with van der Waals surface area (Å²) < 4.78 is 15.9. The molecular formula is C18H23N3O5. The van der Waals surface area contributed by atoms with E-state index in [0.717, 1.165) is 5.52 Å². The summed E-state index contributed by atoms with van der Waals surface area (Å²) in [6.07, 6.45) is -0.167. The number of esters is 1. The number of nitrogens with one attached hydrogen (secondary N) is 1. The van der Waals surface area contributed by atoms with Crippen molar-refractivity contribution in [2.45, 2.75) is 44.9 Å². The minimum atomic E-state index is -0.711. The maximum absolute atomic E-state index is 12.5. The molecule has 1 aromatic carbocycles. The second-order valence-electron chi connectivity index (χ2n) is 7.24. The van der Waals surface area contributed by atoms with E-state index in [4.69, 9.17) is 13.9 Å². The van der Waals surface area contributed by atoms with Crippen molar-refractivity contribution >= 4 is 29.2 Å². The van der Waals surface area contributed by atoms with Gasteiger partial charge in [0.15, 0.2) is 5.58 Å². The molecule has 0 radical (unpaired) electrons. The van der Waals surface area contributed by atoms with Crippen molar-refractivity contribution in [1.29, 1.82) is 0 Å². The Morgan fingerprint density at radius 1 is 1.31 bits per heavy atom. The molecule has 1 fully saturated rings. The number of carbonyl (C=O) groups excluding carboxylic acids is 2. The highest BCUT2D eigenvalue weighted by molar-refractivity contribution is 5.82. The average Bonchev–Trinajstić information content (AvgIpc) is 3.16. The topological polar surface area (TPSA) is 93.9 Å². The Labute approximate surface area is 151 Å². The van der Waals surface area contributed by atoms with E-state index in [1.165, 1.54) is 12.0 Å². The number of anilines is 1. The van der Waals surface area contributed by atoms with E-state index in [-0.39, 0.29) is 12.6 Å². The lowest BCUT2D eigenvalue weighted by atomic mass is 10.2. The van der Waals surface area contributed by atoms with E-state index in [1.54, 1.807) is 20.8 Å². The number of benzene rings is 1. The second-order valence-corrected chi connectivity index (χ2v) is 7.24. The summed E-state index contributed by atoms with van der Waals surface area (Å²) in [6.45, 7) is 5.62. The van der Waals surface area contributed by atoms with Crippen LogP contribution < -0.4 is 5.32 Å². The molecule has 1 aromatic heterocycles. The van der Waals surface area contributed by atoms with Gasteiger partial charge in [0.2, 0.25) is 0 Å². The smallest absolute Gasteiger partial charge is 0.411 e. The van der Waals surface area contributed by atoms with Crippen LogP contribution in [-0.4, -0.2) is 53.3 Å². The van der Waals surface area contributed by atoms with Crippen molar-refractivity contribution < 1.29 is 23.5 Å². The predicted molar refractivity (Wildman–Crippen MR) is 94.8 cm³/mol. The van der Waals surface area contributed by atoms with Crippen LogP contribution in [0.1, 0.15) is 27.2 Å². The van der Waals surface area contributed by atoms with Crippen LogP contribution >= 0.6 is 0 Å². The lowest BCUT2D eigenvalue weighted by Crippen LogP contribution is -2.44. The van der Waals surface area contributed by atoms with Gasteiger partial charge in [-0.1, -0.05) is 12.1 Å². The zero-order chi connectivity index (χ0) is 18.9. The number of aromatic nitrogens is 1. The molecule has 140 valence electrons. The first-order valence-electron chi connectivity index (χ1n) is 8.46. The number of ether oxygens (including phenoxy) is 2. The molecule has 0 unspecified atom stereocenters. The number of para-hydroxylation sites is 2. The van der Waals surface area contributed by atoms with E-state index >= 15 is 0 Å². The molecule has 2 atom stereocenters. The van der Waals surface area contributed by atoms with E-state index < -0.39 is 23.7 Å². The number of hydrogen-bond acceptors (Lipinski definition) is 7. The van der Waals surface area contributed by atoms with E-state index in [0.29, 0.717) is 18.0 Å². The maximum Gasteiger partial charge on any atom is 0.411 e. The molecule has 1 aliphatic rings. The first kappa shape index (κ1) is 18.0. The number of fused-ring (bicyclic) bond motifs is 1. The molecule has 26 heavy (non-hydrogen) atoms. The maximum atomic E-state index is 12.5. The van der Waals surface area contributed by atoms with Crippen LogP contribution in [0.2, 0.25) is 0 Å². The Morgan fingerprint density at radius 3 is 2.69 bits per heavy atom. The lowest BCUT2D eigenvalue weighted by molar-refractivity contribution is -0.145. The molecule has 1 saturated heterocycles. The van der Waals surface area contributed by atoms with E-state index in [9.17, 15) is 9.59 Å². The van der Waals surface area contributed by atoms with Crippen molar-refractivity contribution in [3.63, 3.8) is 0 Å². The van der Waals surface area contributed by atoms with Crippen molar-refractivity contribution in [3.05, 3.63) is 24.3 Å². The summed E-state index contributed by atoms with van der Waals surface area (Å²) in [5.74, 6) is -0.474. The normalized spacial score (nSPS) is 20.2. The van der Waals surface area contributed by atoms with Gasteiger partial charge in [0, 0.05) is 13.0 Å². The second kappa shape index (κ2) is 6.86. The first-order valence-corrected chi connectivity index (χ1v) is 8.46. The van der Waals surface area contributed by atoms with Gasteiger partial charge in [-0.05, 0) is 32.9 Å². The van der Waals surface area contributed by atoms with Gasteiger partial charge in [-0.2, -0.15) is 4.98 Å². The van der Waals surface area contributed by atoms with Gasteiger partial charge in [-0.25, -0.2) is 9.59 Å². The largest absolute Gasteiger partial charge is 0.467 e. The Balaban J connectivity index is 1.74. The van der Waals surface area contributed by atoms with Crippen LogP contribution in [0.3, 0.4) is 0 Å². The van der Waals surface area contributed by atoms with Gasteiger partial charge in [-0.15, -0.1) is 0 Å². The number of carbonyl (C=O) groups is 2. The molecule has 0 spiro atoms. The fourth-order valence-corrected chi connectivity index (χ4v) is 2.93. The van der Waals surface area contributed by atoms with Crippen LogP contribution in [0, 0.1) is 0 Å². The summed E-state index contributed by atoms with van der Waals surface area (Å²) in [4.78, 5) is 30.3. The van der Waals surface area contributed by atoms with Crippen molar-refractivity contribution in [3.8, 4) is 0 Å². The zero-order valence-corrected chi connectivity index (χ0v) is 15.3. The molecule has 8 nitrogen and oxygen atoms in total. The van der Waals surface area contributed by atoms with Crippen LogP contribution in [-0.2, 0) is 14.3 Å². The molecular weight excluding hydrogens is 338 g/mol. The number of nitrogens with zero attached hydrogens (tertiary/aromatic N) is 2. The highest BCUT2D eigenvalue weighted by atomic mass is 16.6. The molecule has 0 saturated carbocycles. The van der Waals surface area contributed by atoms with Gasteiger partial charge in [0.25, 0.3) is 6.01 Å². The van der Waals surface area contributed by atoms with Gasteiger partial charge < -0.3 is 19.2 Å². The molecule has 2 heterocycles. The summed E-state index contributed by atoms with van der Waals surface area (Å²) in [6, 6.07) is 6.85. The Morgan fingerprint density at radius 2 is 2.04 bits per heavy atom. The highest BCUT2D eigenvalue weighted by Crippen LogP contribution is 2.26. The SMILES string of the molecule is COC(=O)[C@@H]1C[C@H](Nc2nc3ccccc3o2)CN1C(=O)OC(C)(C)C. The molecule has 1 aliphatic heterocycles. The van der Waals surface area contributed by atoms with Gasteiger partial charge in [-0.3, -0.25) is 4.90 Å². The summed E-state index contributed by atoms with van der Waals surface area (Å²) in [7, 11) is 1.30. The molecule has 0 aliphatic carbocycles. The van der Waals surface area contributed by atoms with Gasteiger partial charge >= 0.3 is 12.1 Å². The Hall–Kier alpha value is -2.77. The lowest BCUT2D eigenvalue weighted by Gasteiger charge is -2.27. The number of amides is 1. The molecule has 8 heteroatoms. The molecule has 3 rings (SSSR count). The van der Waals surface area contributed by atoms with Crippen LogP contribution in [0.25, 0.3) is 11.1 Å². The average molecular weight is 361 g/mol. The summed E-state index contributed by atoms with van der Waals surface area (Å²) >= 11 is 0. The highest BCUT2D eigenvalue weighted by Gasteiger charge is 2.42. The van der Waals surface area contributed by atoms with E-state index in [1.807, 2.05) is 24.3 Å². The van der Waals surface area contributed by atoms with Crippen LogP contribution in [0.15, 0.2) is 28.7 Å². The molecule has 1 amide bonds. The third kappa shape index (κ3) is 3.89. The minimum Gasteiger partial charge on any atom is -0.467 e. The predicted octanol–water partition coefficient (Wildman–Crippen LogP) is 2.79. The number of oxazole rings is 1. The minimum absolute atomic E-state index is 0.209. The van der Waals surface area contributed by atoms with Crippen molar-refractivity contribution in [2.24, 2.45) is 0 Å². The number of likely N-dealkylation sites (tertiary alicyclic amines) is 1. The zero-order valence-electron chi connectivity index (χ0n) is 15.3. The van der Waals surface area contributed by atoms with Gasteiger partial charge in [0.05, 0.1) is 13.2 Å². The number of methoxy groups -OCH3 is 1. The summed E-state index contributed by atoms with van der Waals surface area (Å²) in [5, 5.41) is 3.15. The summed E-state index contributed by atoms with van der Waals surface area (Å²) in [5.41, 5.74) is 0.756. The number of rotatable bonds is 3. The Kier molecular flexibility index (Phi) is 4.76. The van der Waals surface area contributed by atoms with Crippen LogP contribution in [0.4, 0.5) is 10.8 Å². The van der Waals surface area contributed by atoms with Gasteiger partial charge in [0.1, 0.15) is 17.2 Å². The third-order valence-corrected chi connectivity index (χ3v) is 4.02. The molecule has 0 bridgehead atoms.